The van der Waals surface area contributed by atoms with Crippen LogP contribution in [0, 0.1) is 0 Å². The Morgan fingerprint density at radius 3 is 2.33 bits per heavy atom. The first-order chi connectivity index (χ1) is 8.40. The molecule has 0 unspecified atom stereocenters. The van der Waals surface area contributed by atoms with E-state index >= 15 is 0 Å². The summed E-state index contributed by atoms with van der Waals surface area (Å²) in [5.74, 6) is 0.195. The van der Waals surface area contributed by atoms with E-state index in [0.29, 0.717) is 13.1 Å². The molecule has 1 aromatic carbocycles. The van der Waals surface area contributed by atoms with E-state index in [0.717, 1.165) is 5.56 Å². The van der Waals surface area contributed by atoms with Crippen molar-refractivity contribution in [3.63, 3.8) is 0 Å². The molecule has 102 valence electrons. The molecule has 6 heteroatoms. The number of halogens is 3. The Morgan fingerprint density at radius 2 is 1.83 bits per heavy atom. The van der Waals surface area contributed by atoms with E-state index in [2.05, 4.69) is 4.74 Å². The molecule has 0 radical (unpaired) electrons. The summed E-state index contributed by atoms with van der Waals surface area (Å²) < 4.78 is 40.4. The fourth-order valence-corrected chi connectivity index (χ4v) is 1.42. The van der Waals surface area contributed by atoms with Crippen LogP contribution >= 0.6 is 0 Å². The minimum Gasteiger partial charge on any atom is -0.484 e. The van der Waals surface area contributed by atoms with Crippen LogP contribution in [0.2, 0.25) is 0 Å². The van der Waals surface area contributed by atoms with Crippen LogP contribution in [0.1, 0.15) is 5.56 Å². The second-order valence-corrected chi connectivity index (χ2v) is 4.01. The lowest BCUT2D eigenvalue weighted by molar-refractivity contribution is -0.153. The molecule has 0 fully saturated rings. The Hall–Kier alpha value is -1.27. The van der Waals surface area contributed by atoms with E-state index in [9.17, 15) is 13.2 Å². The molecule has 0 saturated heterocycles. The maximum Gasteiger partial charge on any atom is 0.422 e. The number of aliphatic hydroxyl groups is 1. The summed E-state index contributed by atoms with van der Waals surface area (Å²) in [4.78, 5) is 1.91. The lowest BCUT2D eigenvalue weighted by atomic mass is 10.2. The third-order valence-corrected chi connectivity index (χ3v) is 2.26. The van der Waals surface area contributed by atoms with Gasteiger partial charge in [-0.05, 0) is 24.7 Å². The topological polar surface area (TPSA) is 32.7 Å². The summed E-state index contributed by atoms with van der Waals surface area (Å²) in [6.07, 6.45) is -4.32. The van der Waals surface area contributed by atoms with E-state index in [1.165, 1.54) is 12.1 Å². The van der Waals surface area contributed by atoms with Crippen LogP contribution in [0.15, 0.2) is 24.3 Å². The van der Waals surface area contributed by atoms with Crippen molar-refractivity contribution in [2.75, 3.05) is 26.8 Å². The van der Waals surface area contributed by atoms with E-state index in [1.807, 2.05) is 11.9 Å². The van der Waals surface area contributed by atoms with E-state index in [4.69, 9.17) is 5.11 Å². The second kappa shape index (κ2) is 6.61. The number of likely N-dealkylation sites (N-methyl/N-ethyl adjacent to an activating group) is 1. The van der Waals surface area contributed by atoms with Gasteiger partial charge in [-0.25, -0.2) is 0 Å². The predicted octanol–water partition coefficient (Wildman–Crippen LogP) is 2.05. The maximum absolute atomic E-state index is 11.9. The van der Waals surface area contributed by atoms with E-state index in [-0.39, 0.29) is 12.4 Å². The summed E-state index contributed by atoms with van der Waals surface area (Å²) in [5.41, 5.74) is 0.949. The first-order valence-electron chi connectivity index (χ1n) is 5.48. The van der Waals surface area contributed by atoms with Crippen LogP contribution in [-0.2, 0) is 6.54 Å². The van der Waals surface area contributed by atoms with Gasteiger partial charge in [-0.15, -0.1) is 0 Å². The molecule has 0 aliphatic heterocycles. The standard InChI is InChI=1S/C12H16F3NO2/c1-16(6-7-17)8-10-2-4-11(5-3-10)18-9-12(13,14)15/h2-5,17H,6-9H2,1H3. The largest absolute Gasteiger partial charge is 0.484 e. The second-order valence-electron chi connectivity index (χ2n) is 4.01. The molecule has 0 amide bonds. The Morgan fingerprint density at radius 1 is 1.22 bits per heavy atom. The number of hydrogen-bond acceptors (Lipinski definition) is 3. The van der Waals surface area contributed by atoms with Crippen LogP contribution < -0.4 is 4.74 Å². The summed E-state index contributed by atoms with van der Waals surface area (Å²) in [6.45, 7) is -0.0352. The lowest BCUT2D eigenvalue weighted by Crippen LogP contribution is -2.21. The highest BCUT2D eigenvalue weighted by atomic mass is 19.4. The number of ether oxygens (including phenoxy) is 1. The molecular formula is C12H16F3NO2. The number of alkyl halides is 3. The van der Waals surface area contributed by atoms with Gasteiger partial charge in [0, 0.05) is 13.1 Å². The summed E-state index contributed by atoms with van der Waals surface area (Å²) in [6, 6.07) is 6.43. The van der Waals surface area contributed by atoms with Crippen LogP contribution in [0.5, 0.6) is 5.75 Å². The smallest absolute Gasteiger partial charge is 0.422 e. The van der Waals surface area contributed by atoms with E-state index < -0.39 is 12.8 Å². The van der Waals surface area contributed by atoms with Crippen LogP contribution in [0.25, 0.3) is 0 Å². The van der Waals surface area contributed by atoms with Crippen molar-refractivity contribution in [3.05, 3.63) is 29.8 Å². The van der Waals surface area contributed by atoms with Gasteiger partial charge >= 0.3 is 6.18 Å². The molecule has 0 saturated carbocycles. The normalized spacial score (nSPS) is 11.9. The minimum absolute atomic E-state index is 0.0727. The van der Waals surface area contributed by atoms with Gasteiger partial charge in [-0.1, -0.05) is 12.1 Å². The van der Waals surface area contributed by atoms with Gasteiger partial charge in [0.15, 0.2) is 6.61 Å². The SMILES string of the molecule is CN(CCO)Cc1ccc(OCC(F)(F)F)cc1. The number of hydrogen-bond donors (Lipinski definition) is 1. The molecule has 18 heavy (non-hydrogen) atoms. The summed E-state index contributed by atoms with van der Waals surface area (Å²) >= 11 is 0. The first-order valence-corrected chi connectivity index (χ1v) is 5.48. The molecule has 0 aliphatic carbocycles. The summed E-state index contributed by atoms with van der Waals surface area (Å²) in [7, 11) is 1.85. The fourth-order valence-electron chi connectivity index (χ4n) is 1.42. The van der Waals surface area contributed by atoms with E-state index in [1.54, 1.807) is 12.1 Å². The molecule has 3 nitrogen and oxygen atoms in total. The molecule has 0 spiro atoms. The Bertz CT molecular complexity index is 351. The van der Waals surface area contributed by atoms with Gasteiger partial charge in [-0.3, -0.25) is 4.90 Å². The fraction of sp³-hybridized carbons (Fsp3) is 0.500. The van der Waals surface area contributed by atoms with Gasteiger partial charge < -0.3 is 9.84 Å². The Balaban J connectivity index is 2.47. The minimum atomic E-state index is -4.32. The van der Waals surface area contributed by atoms with Crippen molar-refractivity contribution in [2.24, 2.45) is 0 Å². The first kappa shape index (κ1) is 14.8. The number of nitrogens with zero attached hydrogens (tertiary/aromatic N) is 1. The molecule has 0 aliphatic rings. The molecule has 0 bridgehead atoms. The van der Waals surface area contributed by atoms with Crippen molar-refractivity contribution in [1.82, 2.24) is 4.90 Å². The zero-order chi connectivity index (χ0) is 13.6. The third-order valence-electron chi connectivity index (χ3n) is 2.26. The van der Waals surface area contributed by atoms with Gasteiger partial charge in [0.25, 0.3) is 0 Å². The van der Waals surface area contributed by atoms with Gasteiger partial charge in [0.05, 0.1) is 6.61 Å². The maximum atomic E-state index is 11.9. The van der Waals surface area contributed by atoms with Crippen molar-refractivity contribution in [3.8, 4) is 5.75 Å². The Kier molecular flexibility index (Phi) is 5.43. The molecule has 0 heterocycles. The highest BCUT2D eigenvalue weighted by molar-refractivity contribution is 5.27. The molecule has 0 atom stereocenters. The van der Waals surface area contributed by atoms with Crippen LogP contribution in [0.3, 0.4) is 0 Å². The summed E-state index contributed by atoms with van der Waals surface area (Å²) in [5, 5.41) is 8.74. The molecule has 1 rings (SSSR count). The monoisotopic (exact) mass is 263 g/mol. The number of benzene rings is 1. The van der Waals surface area contributed by atoms with Crippen molar-refractivity contribution < 1.29 is 23.0 Å². The average Bonchev–Trinajstić information content (AvgIpc) is 2.27. The highest BCUT2D eigenvalue weighted by Crippen LogP contribution is 2.19. The molecule has 1 N–H and O–H groups in total. The van der Waals surface area contributed by atoms with Crippen LogP contribution in [-0.4, -0.2) is 43.0 Å². The highest BCUT2D eigenvalue weighted by Gasteiger charge is 2.28. The zero-order valence-corrected chi connectivity index (χ0v) is 10.1. The predicted molar refractivity (Wildman–Crippen MR) is 61.4 cm³/mol. The number of aliphatic hydroxyl groups excluding tert-OH is 1. The van der Waals surface area contributed by atoms with Crippen LogP contribution in [0.4, 0.5) is 13.2 Å². The average molecular weight is 263 g/mol. The van der Waals surface area contributed by atoms with Gasteiger partial charge in [-0.2, -0.15) is 13.2 Å². The quantitative estimate of drug-likeness (QED) is 0.852. The van der Waals surface area contributed by atoms with Crippen molar-refractivity contribution in [1.29, 1.82) is 0 Å². The third kappa shape index (κ3) is 5.88. The lowest BCUT2D eigenvalue weighted by Gasteiger charge is -2.15. The Labute approximate surface area is 104 Å². The molecule has 1 aromatic rings. The number of rotatable bonds is 6. The molecular weight excluding hydrogens is 247 g/mol. The molecule has 0 aromatic heterocycles. The van der Waals surface area contributed by atoms with Crippen molar-refractivity contribution in [2.45, 2.75) is 12.7 Å². The van der Waals surface area contributed by atoms with Gasteiger partial charge in [0.1, 0.15) is 5.75 Å². The van der Waals surface area contributed by atoms with Crippen molar-refractivity contribution >= 4 is 0 Å². The zero-order valence-electron chi connectivity index (χ0n) is 10.1. The van der Waals surface area contributed by atoms with Gasteiger partial charge in [0.2, 0.25) is 0 Å².